The molecule has 1 rings (SSSR count). The number of esters is 1. The van der Waals surface area contributed by atoms with Crippen LogP contribution in [-0.2, 0) is 17.7 Å². The van der Waals surface area contributed by atoms with Crippen LogP contribution < -0.4 is 0 Å². The summed E-state index contributed by atoms with van der Waals surface area (Å²) in [5.74, 6) is -0.451. The Morgan fingerprint density at radius 2 is 2.24 bits per heavy atom. The third kappa shape index (κ3) is 3.52. The number of hydrogen-bond donors (Lipinski definition) is 1. The van der Waals surface area contributed by atoms with E-state index in [4.69, 9.17) is 4.74 Å². The molecule has 96 valence electrons. The first-order chi connectivity index (χ1) is 8.10. The number of aliphatic hydroxyl groups excluding tert-OH is 1. The SMILES string of the molecule is CCCc1c(C(=O)OCC)nnn1CC(C)O. The van der Waals surface area contributed by atoms with Crippen molar-refractivity contribution in [2.24, 2.45) is 0 Å². The molecule has 0 spiro atoms. The standard InChI is InChI=1S/C11H19N3O3/c1-4-6-9-10(11(16)17-5-2)12-13-14(9)7-8(3)15/h8,15H,4-7H2,1-3H3. The molecule has 6 heteroatoms. The second kappa shape index (κ2) is 6.34. The van der Waals surface area contributed by atoms with Crippen molar-refractivity contribution in [2.75, 3.05) is 6.61 Å². The molecule has 1 N–H and O–H groups in total. The first-order valence-corrected chi connectivity index (χ1v) is 5.87. The maximum atomic E-state index is 11.6. The van der Waals surface area contributed by atoms with E-state index in [1.165, 1.54) is 0 Å². The van der Waals surface area contributed by atoms with Gasteiger partial charge in [0.1, 0.15) is 0 Å². The molecule has 1 aromatic rings. The summed E-state index contributed by atoms with van der Waals surface area (Å²) in [7, 11) is 0. The van der Waals surface area contributed by atoms with Crippen LogP contribution in [0.1, 0.15) is 43.4 Å². The minimum absolute atomic E-state index is 0.259. The van der Waals surface area contributed by atoms with E-state index in [1.807, 2.05) is 6.92 Å². The Kier molecular flexibility index (Phi) is 5.09. The number of rotatable bonds is 6. The Hall–Kier alpha value is -1.43. The van der Waals surface area contributed by atoms with Gasteiger partial charge in [-0.15, -0.1) is 5.10 Å². The van der Waals surface area contributed by atoms with Crippen LogP contribution in [0.4, 0.5) is 0 Å². The Balaban J connectivity index is 2.97. The summed E-state index contributed by atoms with van der Waals surface area (Å²) in [6, 6.07) is 0. The number of aromatic nitrogens is 3. The molecular formula is C11H19N3O3. The summed E-state index contributed by atoms with van der Waals surface area (Å²) >= 11 is 0. The predicted octanol–water partition coefficient (Wildman–Crippen LogP) is 0.788. The van der Waals surface area contributed by atoms with Crippen LogP contribution in [0.5, 0.6) is 0 Å². The van der Waals surface area contributed by atoms with Crippen molar-refractivity contribution in [1.29, 1.82) is 0 Å². The van der Waals surface area contributed by atoms with Gasteiger partial charge < -0.3 is 9.84 Å². The molecule has 6 nitrogen and oxygen atoms in total. The molecule has 0 fully saturated rings. The molecule has 0 amide bonds. The number of aliphatic hydroxyl groups is 1. The molecule has 17 heavy (non-hydrogen) atoms. The molecule has 0 radical (unpaired) electrons. The van der Waals surface area contributed by atoms with Crippen LogP contribution in [0.15, 0.2) is 0 Å². The van der Waals surface area contributed by atoms with Crippen molar-refractivity contribution < 1.29 is 14.6 Å². The number of carbonyl (C=O) groups excluding carboxylic acids is 1. The average molecular weight is 241 g/mol. The number of nitrogens with zero attached hydrogens (tertiary/aromatic N) is 3. The van der Waals surface area contributed by atoms with Gasteiger partial charge in [0.15, 0.2) is 5.69 Å². The van der Waals surface area contributed by atoms with E-state index in [9.17, 15) is 9.90 Å². The Bertz CT molecular complexity index is 374. The normalized spacial score (nSPS) is 12.5. The van der Waals surface area contributed by atoms with Gasteiger partial charge in [0.2, 0.25) is 0 Å². The molecule has 0 aliphatic rings. The monoisotopic (exact) mass is 241 g/mol. The summed E-state index contributed by atoms with van der Waals surface area (Å²) in [4.78, 5) is 11.6. The Morgan fingerprint density at radius 3 is 2.76 bits per heavy atom. The van der Waals surface area contributed by atoms with E-state index < -0.39 is 12.1 Å². The van der Waals surface area contributed by atoms with Crippen LogP contribution in [0.3, 0.4) is 0 Å². The van der Waals surface area contributed by atoms with E-state index in [2.05, 4.69) is 10.3 Å². The van der Waals surface area contributed by atoms with Gasteiger partial charge in [0.25, 0.3) is 0 Å². The van der Waals surface area contributed by atoms with E-state index in [0.717, 1.165) is 12.1 Å². The van der Waals surface area contributed by atoms with Gasteiger partial charge >= 0.3 is 5.97 Å². The van der Waals surface area contributed by atoms with Gasteiger partial charge in [0, 0.05) is 0 Å². The molecule has 1 aromatic heterocycles. The van der Waals surface area contributed by atoms with Gasteiger partial charge in [-0.1, -0.05) is 18.6 Å². The lowest BCUT2D eigenvalue weighted by atomic mass is 10.2. The van der Waals surface area contributed by atoms with Gasteiger partial charge in [-0.2, -0.15) is 0 Å². The molecule has 0 saturated heterocycles. The van der Waals surface area contributed by atoms with E-state index in [0.29, 0.717) is 19.6 Å². The first kappa shape index (κ1) is 13.6. The van der Waals surface area contributed by atoms with Crippen LogP contribution in [0, 0.1) is 0 Å². The number of ether oxygens (including phenoxy) is 1. The minimum atomic E-state index is -0.526. The largest absolute Gasteiger partial charge is 0.461 e. The molecule has 0 saturated carbocycles. The third-order valence-corrected chi connectivity index (χ3v) is 2.23. The molecule has 1 heterocycles. The summed E-state index contributed by atoms with van der Waals surface area (Å²) < 4.78 is 6.49. The summed E-state index contributed by atoms with van der Waals surface area (Å²) in [5, 5.41) is 17.1. The van der Waals surface area contributed by atoms with Gasteiger partial charge in [-0.05, 0) is 20.3 Å². The smallest absolute Gasteiger partial charge is 0.360 e. The zero-order valence-electron chi connectivity index (χ0n) is 10.5. The summed E-state index contributed by atoms with van der Waals surface area (Å²) in [6.07, 6.45) is 1.04. The van der Waals surface area contributed by atoms with Crippen molar-refractivity contribution in [3.05, 3.63) is 11.4 Å². The summed E-state index contributed by atoms with van der Waals surface area (Å²) in [5.41, 5.74) is 0.987. The highest BCUT2D eigenvalue weighted by Gasteiger charge is 2.20. The highest BCUT2D eigenvalue weighted by Crippen LogP contribution is 2.10. The number of hydrogen-bond acceptors (Lipinski definition) is 5. The van der Waals surface area contributed by atoms with Crippen LogP contribution in [0.2, 0.25) is 0 Å². The van der Waals surface area contributed by atoms with Crippen LogP contribution in [0.25, 0.3) is 0 Å². The lowest BCUT2D eigenvalue weighted by Crippen LogP contribution is -2.17. The van der Waals surface area contributed by atoms with E-state index >= 15 is 0 Å². The maximum Gasteiger partial charge on any atom is 0.360 e. The van der Waals surface area contributed by atoms with Crippen molar-refractivity contribution in [1.82, 2.24) is 15.0 Å². The second-order valence-electron chi connectivity index (χ2n) is 3.89. The fraction of sp³-hybridized carbons (Fsp3) is 0.727. The maximum absolute atomic E-state index is 11.6. The molecule has 0 aliphatic carbocycles. The van der Waals surface area contributed by atoms with E-state index in [1.54, 1.807) is 18.5 Å². The first-order valence-electron chi connectivity index (χ1n) is 5.87. The minimum Gasteiger partial charge on any atom is -0.461 e. The predicted molar refractivity (Wildman–Crippen MR) is 61.7 cm³/mol. The lowest BCUT2D eigenvalue weighted by Gasteiger charge is -2.08. The molecular weight excluding hydrogens is 222 g/mol. The highest BCUT2D eigenvalue weighted by atomic mass is 16.5. The van der Waals surface area contributed by atoms with Crippen molar-refractivity contribution in [2.45, 2.75) is 46.3 Å². The quantitative estimate of drug-likeness (QED) is 0.745. The van der Waals surface area contributed by atoms with Gasteiger partial charge in [0.05, 0.1) is 24.9 Å². The van der Waals surface area contributed by atoms with Gasteiger partial charge in [-0.25, -0.2) is 9.48 Å². The fourth-order valence-electron chi connectivity index (χ4n) is 1.57. The van der Waals surface area contributed by atoms with Crippen molar-refractivity contribution in [3.63, 3.8) is 0 Å². The van der Waals surface area contributed by atoms with Crippen LogP contribution >= 0.6 is 0 Å². The Labute approximate surface area is 101 Å². The molecule has 0 bridgehead atoms. The van der Waals surface area contributed by atoms with Gasteiger partial charge in [-0.3, -0.25) is 0 Å². The second-order valence-corrected chi connectivity index (χ2v) is 3.89. The van der Waals surface area contributed by atoms with E-state index in [-0.39, 0.29) is 5.69 Å². The average Bonchev–Trinajstić information content (AvgIpc) is 2.62. The molecule has 0 aromatic carbocycles. The molecule has 0 aliphatic heterocycles. The highest BCUT2D eigenvalue weighted by molar-refractivity contribution is 5.88. The molecule has 1 unspecified atom stereocenters. The van der Waals surface area contributed by atoms with Crippen molar-refractivity contribution >= 4 is 5.97 Å². The number of carbonyl (C=O) groups is 1. The topological polar surface area (TPSA) is 77.2 Å². The molecule has 1 atom stereocenters. The fourth-order valence-corrected chi connectivity index (χ4v) is 1.57. The summed E-state index contributed by atoms with van der Waals surface area (Å²) in [6.45, 7) is 6.07. The Morgan fingerprint density at radius 1 is 1.53 bits per heavy atom. The van der Waals surface area contributed by atoms with Crippen molar-refractivity contribution in [3.8, 4) is 0 Å². The third-order valence-electron chi connectivity index (χ3n) is 2.23. The zero-order valence-corrected chi connectivity index (χ0v) is 10.5. The zero-order chi connectivity index (χ0) is 12.8. The van der Waals surface area contributed by atoms with Crippen LogP contribution in [-0.4, -0.2) is 38.8 Å². The lowest BCUT2D eigenvalue weighted by molar-refractivity contribution is 0.0517.